The normalized spacial score (nSPS) is 22.4. The third-order valence-corrected chi connectivity index (χ3v) is 4.72. The van der Waals surface area contributed by atoms with Crippen LogP contribution < -0.4 is 5.32 Å². The number of hydrogen-bond acceptors (Lipinski definition) is 2. The summed E-state index contributed by atoms with van der Waals surface area (Å²) in [7, 11) is 0. The highest BCUT2D eigenvalue weighted by molar-refractivity contribution is 5.80. The van der Waals surface area contributed by atoms with E-state index in [0.717, 1.165) is 38.8 Å². The second-order valence-electron chi connectivity index (χ2n) is 6.21. The Balaban J connectivity index is 1.75. The summed E-state index contributed by atoms with van der Waals surface area (Å²) in [5.74, 6) is 0.548. The maximum atomic E-state index is 12.3. The molecule has 2 fully saturated rings. The first kappa shape index (κ1) is 15.3. The van der Waals surface area contributed by atoms with Crippen LogP contribution in [-0.4, -0.2) is 35.8 Å². The zero-order valence-electron chi connectivity index (χ0n) is 12.7. The van der Waals surface area contributed by atoms with Crippen LogP contribution in [-0.2, 0) is 9.59 Å². The molecule has 1 N–H and O–H groups in total. The van der Waals surface area contributed by atoms with Crippen LogP contribution in [0, 0.1) is 5.92 Å². The topological polar surface area (TPSA) is 49.4 Å². The molecule has 114 valence electrons. The van der Waals surface area contributed by atoms with Gasteiger partial charge in [0.2, 0.25) is 11.8 Å². The number of hydrogen-bond donors (Lipinski definition) is 1. The Morgan fingerprint density at radius 2 is 1.60 bits per heavy atom. The van der Waals surface area contributed by atoms with Crippen LogP contribution in [0.4, 0.5) is 0 Å². The van der Waals surface area contributed by atoms with Crippen molar-refractivity contribution in [1.82, 2.24) is 10.2 Å². The number of likely N-dealkylation sites (tertiary alicyclic amines) is 1. The first-order chi connectivity index (χ1) is 9.70. The SMILES string of the molecule is CCC(=O)N1CCC(C(=O)NC2CCCCCC2)CC1. The van der Waals surface area contributed by atoms with Crippen molar-refractivity contribution in [3.8, 4) is 0 Å². The van der Waals surface area contributed by atoms with Crippen molar-refractivity contribution in [1.29, 1.82) is 0 Å². The van der Waals surface area contributed by atoms with Gasteiger partial charge in [-0.3, -0.25) is 9.59 Å². The van der Waals surface area contributed by atoms with Crippen LogP contribution in [0.5, 0.6) is 0 Å². The molecule has 1 heterocycles. The van der Waals surface area contributed by atoms with Crippen LogP contribution in [0.2, 0.25) is 0 Å². The lowest BCUT2D eigenvalue weighted by Crippen LogP contribution is -2.45. The summed E-state index contributed by atoms with van der Waals surface area (Å²) in [6.45, 7) is 3.39. The van der Waals surface area contributed by atoms with Crippen molar-refractivity contribution in [2.75, 3.05) is 13.1 Å². The van der Waals surface area contributed by atoms with Gasteiger partial charge in [0.25, 0.3) is 0 Å². The fourth-order valence-electron chi connectivity index (χ4n) is 3.36. The van der Waals surface area contributed by atoms with Crippen molar-refractivity contribution >= 4 is 11.8 Å². The van der Waals surface area contributed by atoms with E-state index >= 15 is 0 Å². The summed E-state index contributed by atoms with van der Waals surface area (Å²) < 4.78 is 0. The summed E-state index contributed by atoms with van der Waals surface area (Å²) >= 11 is 0. The number of amides is 2. The lowest BCUT2D eigenvalue weighted by Gasteiger charge is -2.32. The van der Waals surface area contributed by atoms with Gasteiger partial charge in [0.1, 0.15) is 0 Å². The van der Waals surface area contributed by atoms with Gasteiger partial charge in [0.15, 0.2) is 0 Å². The van der Waals surface area contributed by atoms with Gasteiger partial charge in [0.05, 0.1) is 0 Å². The molecule has 1 saturated carbocycles. The minimum Gasteiger partial charge on any atom is -0.353 e. The lowest BCUT2D eigenvalue weighted by atomic mass is 9.95. The molecule has 4 nitrogen and oxygen atoms in total. The highest BCUT2D eigenvalue weighted by Crippen LogP contribution is 2.21. The van der Waals surface area contributed by atoms with E-state index in [1.807, 2.05) is 11.8 Å². The minimum atomic E-state index is 0.110. The molecule has 1 aliphatic carbocycles. The fourth-order valence-corrected chi connectivity index (χ4v) is 3.36. The Bertz CT molecular complexity index is 327. The molecule has 4 heteroatoms. The molecule has 1 aliphatic heterocycles. The van der Waals surface area contributed by atoms with Gasteiger partial charge in [-0.2, -0.15) is 0 Å². The molecule has 0 bridgehead atoms. The van der Waals surface area contributed by atoms with Crippen molar-refractivity contribution in [2.45, 2.75) is 70.8 Å². The summed E-state index contributed by atoms with van der Waals surface area (Å²) in [4.78, 5) is 25.8. The molecule has 0 radical (unpaired) electrons. The molecule has 0 atom stereocenters. The number of rotatable bonds is 3. The molecule has 2 aliphatic rings. The van der Waals surface area contributed by atoms with Crippen molar-refractivity contribution in [3.63, 3.8) is 0 Å². The average molecular weight is 280 g/mol. The molecular weight excluding hydrogens is 252 g/mol. The Kier molecular flexibility index (Phi) is 5.86. The van der Waals surface area contributed by atoms with E-state index in [0.29, 0.717) is 12.5 Å². The number of carbonyl (C=O) groups is 2. The molecule has 2 rings (SSSR count). The molecular formula is C16H28N2O2. The highest BCUT2D eigenvalue weighted by Gasteiger charge is 2.27. The van der Waals surface area contributed by atoms with Crippen molar-refractivity contribution in [2.24, 2.45) is 5.92 Å². The summed E-state index contributed by atoms with van der Waals surface area (Å²) in [6.07, 6.45) is 9.60. The summed E-state index contributed by atoms with van der Waals surface area (Å²) in [5, 5.41) is 3.24. The number of nitrogens with zero attached hydrogens (tertiary/aromatic N) is 1. The van der Waals surface area contributed by atoms with Gasteiger partial charge in [0, 0.05) is 31.5 Å². The first-order valence-corrected chi connectivity index (χ1v) is 8.29. The molecule has 20 heavy (non-hydrogen) atoms. The van der Waals surface area contributed by atoms with E-state index in [-0.39, 0.29) is 17.7 Å². The molecule has 1 saturated heterocycles. The Morgan fingerprint density at radius 3 is 2.15 bits per heavy atom. The van der Waals surface area contributed by atoms with E-state index in [2.05, 4.69) is 5.32 Å². The minimum absolute atomic E-state index is 0.110. The zero-order valence-corrected chi connectivity index (χ0v) is 12.7. The number of piperidine rings is 1. The second kappa shape index (κ2) is 7.65. The van der Waals surface area contributed by atoms with Crippen molar-refractivity contribution < 1.29 is 9.59 Å². The Morgan fingerprint density at radius 1 is 1.00 bits per heavy atom. The predicted octanol–water partition coefficient (Wildman–Crippen LogP) is 2.47. The molecule has 0 aromatic rings. The zero-order chi connectivity index (χ0) is 14.4. The third kappa shape index (κ3) is 4.22. The van der Waals surface area contributed by atoms with Gasteiger partial charge >= 0.3 is 0 Å². The van der Waals surface area contributed by atoms with Gasteiger partial charge in [-0.25, -0.2) is 0 Å². The first-order valence-electron chi connectivity index (χ1n) is 8.29. The van der Waals surface area contributed by atoms with E-state index in [4.69, 9.17) is 0 Å². The molecule has 0 spiro atoms. The Labute approximate surface area is 122 Å². The average Bonchev–Trinajstić information content (AvgIpc) is 2.75. The second-order valence-corrected chi connectivity index (χ2v) is 6.21. The van der Waals surface area contributed by atoms with E-state index in [1.54, 1.807) is 0 Å². The van der Waals surface area contributed by atoms with Crippen molar-refractivity contribution in [3.05, 3.63) is 0 Å². The molecule has 2 amide bonds. The van der Waals surface area contributed by atoms with Crippen LogP contribution in [0.1, 0.15) is 64.7 Å². The predicted molar refractivity (Wildman–Crippen MR) is 79.2 cm³/mol. The Hall–Kier alpha value is -1.06. The smallest absolute Gasteiger partial charge is 0.223 e. The standard InChI is InChI=1S/C16H28N2O2/c1-2-15(19)18-11-9-13(10-12-18)16(20)17-14-7-5-3-4-6-8-14/h13-14H,2-12H2,1H3,(H,17,20). The van der Waals surface area contributed by atoms with E-state index in [9.17, 15) is 9.59 Å². The van der Waals surface area contributed by atoms with Gasteiger partial charge in [-0.15, -0.1) is 0 Å². The summed E-state index contributed by atoms with van der Waals surface area (Å²) in [6, 6.07) is 0.389. The summed E-state index contributed by atoms with van der Waals surface area (Å²) in [5.41, 5.74) is 0. The molecule has 0 aromatic heterocycles. The van der Waals surface area contributed by atoms with Crippen LogP contribution in [0.15, 0.2) is 0 Å². The fraction of sp³-hybridized carbons (Fsp3) is 0.875. The molecule has 0 aromatic carbocycles. The maximum absolute atomic E-state index is 12.3. The van der Waals surface area contributed by atoms with Gasteiger partial charge in [-0.1, -0.05) is 32.6 Å². The van der Waals surface area contributed by atoms with Crippen LogP contribution >= 0.6 is 0 Å². The lowest BCUT2D eigenvalue weighted by molar-refractivity contribution is -0.135. The number of carbonyl (C=O) groups excluding carboxylic acids is 2. The quantitative estimate of drug-likeness (QED) is 0.807. The van der Waals surface area contributed by atoms with Gasteiger partial charge < -0.3 is 10.2 Å². The van der Waals surface area contributed by atoms with Gasteiger partial charge in [-0.05, 0) is 25.7 Å². The van der Waals surface area contributed by atoms with E-state index < -0.39 is 0 Å². The molecule has 0 unspecified atom stereocenters. The third-order valence-electron chi connectivity index (χ3n) is 4.72. The van der Waals surface area contributed by atoms with Crippen LogP contribution in [0.3, 0.4) is 0 Å². The number of nitrogens with one attached hydrogen (secondary N) is 1. The monoisotopic (exact) mass is 280 g/mol. The maximum Gasteiger partial charge on any atom is 0.223 e. The largest absolute Gasteiger partial charge is 0.353 e. The highest BCUT2D eigenvalue weighted by atomic mass is 16.2. The van der Waals surface area contributed by atoms with E-state index in [1.165, 1.54) is 25.7 Å². The van der Waals surface area contributed by atoms with Crippen LogP contribution in [0.25, 0.3) is 0 Å².